The number of rotatable bonds is 5. The fraction of sp³-hybridized carbons (Fsp3) is 0.852. The standard InChI is InChI=1S/C27H40O8/c1-15(28)33-14-23(35-17(3)30)27(32)11-9-21-20-7-6-18-12-19(34-16(2)29)8-10-25(18,4)24(20)22(31)13-26(21,27)5/h18-21,23-24,32H,6-14H2,1-5H3/t18-,19+,20-,21-,23+,24+,25-,26-,27+/m0/s1. The van der Waals surface area contributed by atoms with Crippen molar-refractivity contribution in [3.05, 3.63) is 0 Å². The van der Waals surface area contributed by atoms with Crippen molar-refractivity contribution in [3.63, 3.8) is 0 Å². The van der Waals surface area contributed by atoms with Crippen LogP contribution in [0, 0.1) is 34.5 Å². The molecule has 0 bridgehead atoms. The third-order valence-electron chi connectivity index (χ3n) is 10.1. The van der Waals surface area contributed by atoms with Crippen LogP contribution in [0.3, 0.4) is 0 Å². The van der Waals surface area contributed by atoms with Gasteiger partial charge in [-0.25, -0.2) is 0 Å². The number of ether oxygens (including phenoxy) is 3. The Morgan fingerprint density at radius 2 is 1.71 bits per heavy atom. The minimum Gasteiger partial charge on any atom is -0.463 e. The van der Waals surface area contributed by atoms with Crippen LogP contribution in [0.4, 0.5) is 0 Å². The van der Waals surface area contributed by atoms with Crippen LogP contribution in [0.1, 0.15) is 86.0 Å². The molecule has 0 saturated heterocycles. The molecule has 0 spiro atoms. The van der Waals surface area contributed by atoms with Crippen LogP contribution >= 0.6 is 0 Å². The van der Waals surface area contributed by atoms with Gasteiger partial charge < -0.3 is 19.3 Å². The molecule has 4 fully saturated rings. The molecule has 0 aromatic rings. The van der Waals surface area contributed by atoms with Crippen molar-refractivity contribution in [3.8, 4) is 0 Å². The number of ketones is 1. The van der Waals surface area contributed by atoms with Crippen LogP contribution in [0.25, 0.3) is 0 Å². The molecule has 35 heavy (non-hydrogen) atoms. The first-order chi connectivity index (χ1) is 16.3. The van der Waals surface area contributed by atoms with E-state index in [9.17, 15) is 24.3 Å². The SMILES string of the molecule is CC(=O)OC[C@@H](OC(C)=O)[C@]1(O)CC[C@H]2[C@@H]3CC[C@H]4C[C@H](OC(C)=O)CC[C@]4(C)[C@H]3C(=O)C[C@@]21C. The van der Waals surface area contributed by atoms with Crippen molar-refractivity contribution >= 4 is 23.7 Å². The summed E-state index contributed by atoms with van der Waals surface area (Å²) in [6.45, 7) is 7.96. The Kier molecular flexibility index (Phi) is 6.84. The van der Waals surface area contributed by atoms with E-state index in [0.717, 1.165) is 38.5 Å². The lowest BCUT2D eigenvalue weighted by molar-refractivity contribution is -0.211. The Hall–Kier alpha value is -1.96. The van der Waals surface area contributed by atoms with Gasteiger partial charge in [0.15, 0.2) is 6.10 Å². The molecule has 8 heteroatoms. The normalized spacial score (nSPS) is 43.3. The van der Waals surface area contributed by atoms with Gasteiger partial charge in [-0.15, -0.1) is 0 Å². The van der Waals surface area contributed by atoms with Crippen molar-refractivity contribution in [2.75, 3.05) is 6.61 Å². The topological polar surface area (TPSA) is 116 Å². The molecule has 4 aliphatic carbocycles. The number of carbonyl (C=O) groups excluding carboxylic acids is 4. The van der Waals surface area contributed by atoms with Crippen molar-refractivity contribution in [1.29, 1.82) is 0 Å². The fourth-order valence-corrected chi connectivity index (χ4v) is 8.60. The molecule has 0 amide bonds. The van der Waals surface area contributed by atoms with Gasteiger partial charge in [0.1, 0.15) is 24.1 Å². The summed E-state index contributed by atoms with van der Waals surface area (Å²) in [7, 11) is 0. The summed E-state index contributed by atoms with van der Waals surface area (Å²) >= 11 is 0. The quantitative estimate of drug-likeness (QED) is 0.459. The summed E-state index contributed by atoms with van der Waals surface area (Å²) in [5, 5.41) is 12.0. The molecular formula is C27H40O8. The molecule has 4 saturated carbocycles. The van der Waals surface area contributed by atoms with Crippen LogP contribution in [0.5, 0.6) is 0 Å². The number of Topliss-reactive ketones (excluding diaryl/α,β-unsaturated/α-hetero) is 1. The van der Waals surface area contributed by atoms with Crippen molar-refractivity contribution in [2.45, 2.75) is 104 Å². The highest BCUT2D eigenvalue weighted by Crippen LogP contribution is 2.68. The van der Waals surface area contributed by atoms with E-state index in [0.29, 0.717) is 12.3 Å². The molecule has 8 nitrogen and oxygen atoms in total. The molecule has 4 aliphatic rings. The largest absolute Gasteiger partial charge is 0.463 e. The Balaban J connectivity index is 1.60. The number of hydrogen-bond donors (Lipinski definition) is 1. The van der Waals surface area contributed by atoms with Gasteiger partial charge in [0.05, 0.1) is 0 Å². The van der Waals surface area contributed by atoms with E-state index in [2.05, 4.69) is 6.92 Å². The fourth-order valence-electron chi connectivity index (χ4n) is 8.60. The monoisotopic (exact) mass is 492 g/mol. The lowest BCUT2D eigenvalue weighted by Gasteiger charge is -2.61. The number of carbonyl (C=O) groups is 4. The van der Waals surface area contributed by atoms with E-state index < -0.39 is 29.1 Å². The Morgan fingerprint density at radius 3 is 2.34 bits per heavy atom. The van der Waals surface area contributed by atoms with Crippen LogP contribution in [0.2, 0.25) is 0 Å². The van der Waals surface area contributed by atoms with Crippen molar-refractivity contribution < 1.29 is 38.5 Å². The molecular weight excluding hydrogens is 452 g/mol. The number of aliphatic hydroxyl groups is 1. The predicted octanol–water partition coefficient (Wildman–Crippen LogP) is 3.37. The molecule has 0 unspecified atom stereocenters. The zero-order valence-corrected chi connectivity index (χ0v) is 21.6. The van der Waals surface area contributed by atoms with E-state index in [1.54, 1.807) is 0 Å². The van der Waals surface area contributed by atoms with E-state index in [1.807, 2.05) is 6.92 Å². The highest BCUT2D eigenvalue weighted by Gasteiger charge is 2.69. The molecule has 4 rings (SSSR count). The molecule has 9 atom stereocenters. The maximum Gasteiger partial charge on any atom is 0.303 e. The van der Waals surface area contributed by atoms with Gasteiger partial charge in [0.25, 0.3) is 0 Å². The maximum absolute atomic E-state index is 13.9. The Bertz CT molecular complexity index is 900. The lowest BCUT2D eigenvalue weighted by Crippen LogP contribution is -2.63. The van der Waals surface area contributed by atoms with Crippen LogP contribution < -0.4 is 0 Å². The maximum atomic E-state index is 13.9. The summed E-state index contributed by atoms with van der Waals surface area (Å²) in [6.07, 6.45) is 4.51. The molecule has 196 valence electrons. The third-order valence-corrected chi connectivity index (χ3v) is 10.1. The molecule has 0 heterocycles. The predicted molar refractivity (Wildman–Crippen MR) is 125 cm³/mol. The second-order valence-electron chi connectivity index (χ2n) is 12.0. The summed E-state index contributed by atoms with van der Waals surface area (Å²) < 4.78 is 16.2. The zero-order valence-electron chi connectivity index (χ0n) is 21.6. The van der Waals surface area contributed by atoms with Gasteiger partial charge in [0, 0.05) is 38.5 Å². The second-order valence-corrected chi connectivity index (χ2v) is 12.0. The number of esters is 3. The molecule has 1 N–H and O–H groups in total. The lowest BCUT2D eigenvalue weighted by atomic mass is 9.44. The minimum absolute atomic E-state index is 0.0755. The van der Waals surface area contributed by atoms with Crippen LogP contribution in [0.15, 0.2) is 0 Å². The van der Waals surface area contributed by atoms with Gasteiger partial charge in [-0.2, -0.15) is 0 Å². The van der Waals surface area contributed by atoms with Gasteiger partial charge in [-0.3, -0.25) is 19.2 Å². The van der Waals surface area contributed by atoms with Crippen molar-refractivity contribution in [2.24, 2.45) is 34.5 Å². The Morgan fingerprint density at radius 1 is 1.00 bits per heavy atom. The third kappa shape index (κ3) is 4.30. The summed E-state index contributed by atoms with van der Waals surface area (Å²) in [5.74, 6) is -0.655. The number of fused-ring (bicyclic) bond motifs is 5. The van der Waals surface area contributed by atoms with Gasteiger partial charge in [0.2, 0.25) is 0 Å². The molecule has 0 aliphatic heterocycles. The first kappa shape index (κ1) is 26.1. The molecule has 0 aromatic carbocycles. The summed E-state index contributed by atoms with van der Waals surface area (Å²) in [4.78, 5) is 48.8. The second kappa shape index (κ2) is 9.16. The average Bonchev–Trinajstić information content (AvgIpc) is 3.01. The highest BCUT2D eigenvalue weighted by atomic mass is 16.6. The zero-order chi connectivity index (χ0) is 25.8. The van der Waals surface area contributed by atoms with Crippen LogP contribution in [-0.4, -0.2) is 53.2 Å². The average molecular weight is 493 g/mol. The highest BCUT2D eigenvalue weighted by molar-refractivity contribution is 5.84. The van der Waals surface area contributed by atoms with E-state index >= 15 is 0 Å². The van der Waals surface area contributed by atoms with Gasteiger partial charge >= 0.3 is 17.9 Å². The summed E-state index contributed by atoms with van der Waals surface area (Å²) in [5.41, 5.74) is -2.38. The first-order valence-electron chi connectivity index (χ1n) is 13.0. The molecule has 0 radical (unpaired) electrons. The van der Waals surface area contributed by atoms with Gasteiger partial charge in [-0.1, -0.05) is 13.8 Å². The summed E-state index contributed by atoms with van der Waals surface area (Å²) in [6, 6.07) is 0. The Labute approximate surface area is 207 Å². The minimum atomic E-state index is -1.45. The number of hydrogen-bond acceptors (Lipinski definition) is 8. The van der Waals surface area contributed by atoms with E-state index in [1.165, 1.54) is 20.8 Å². The van der Waals surface area contributed by atoms with E-state index in [4.69, 9.17) is 14.2 Å². The first-order valence-corrected chi connectivity index (χ1v) is 13.0. The van der Waals surface area contributed by atoms with Gasteiger partial charge in [-0.05, 0) is 68.1 Å². The van der Waals surface area contributed by atoms with E-state index in [-0.39, 0.29) is 54.1 Å². The van der Waals surface area contributed by atoms with Crippen LogP contribution in [-0.2, 0) is 33.4 Å². The smallest absolute Gasteiger partial charge is 0.303 e. The molecule has 0 aromatic heterocycles. The van der Waals surface area contributed by atoms with Crippen molar-refractivity contribution in [1.82, 2.24) is 0 Å².